The van der Waals surface area contributed by atoms with E-state index < -0.39 is 66.2 Å². The standard InChI is InChI=1S/C31H42N6O7S/c1-19(35-29(41)24(32)16-22-10-12-23(13-11-22)44-20(2)38)28(40)34-18-27(39)36-26(17-21-8-6-5-7-9-21)31(43)37-30(42)25(33-3)14-15-45-4/h5-13,19,24-26,33H,14-18,32H2,1-4H3,(H,34,40)(H,35,41)(H,36,39)(H,37,42,43)/t19-,24+,25+,26+/m1/s1. The maximum Gasteiger partial charge on any atom is 0.308 e. The van der Waals surface area contributed by atoms with Gasteiger partial charge in [-0.3, -0.25) is 34.1 Å². The summed E-state index contributed by atoms with van der Waals surface area (Å²) >= 11 is 1.58. The zero-order chi connectivity index (χ0) is 33.4. The molecule has 14 heteroatoms. The minimum atomic E-state index is -1.09. The molecular formula is C31H42N6O7S. The predicted molar refractivity (Wildman–Crippen MR) is 171 cm³/mol. The van der Waals surface area contributed by atoms with Crippen LogP contribution in [-0.4, -0.2) is 85.3 Å². The normalized spacial score (nSPS) is 13.4. The number of imide groups is 1. The number of likely N-dealkylation sites (N-methyl/N-ethyl adjacent to an activating group) is 1. The SMILES string of the molecule is CN[C@@H](CCSC)C(=O)NC(=O)[C@H](Cc1ccccc1)NC(=O)CNC(=O)[C@@H](C)NC(=O)[C@@H](N)Cc1ccc(OC(C)=O)cc1. The molecule has 7 N–H and O–H groups in total. The number of rotatable bonds is 17. The van der Waals surface area contributed by atoms with Crippen LogP contribution in [0, 0.1) is 0 Å². The number of nitrogens with two attached hydrogens (primary N) is 1. The number of amides is 5. The minimum Gasteiger partial charge on any atom is -0.427 e. The number of hydrogen-bond acceptors (Lipinski definition) is 10. The highest BCUT2D eigenvalue weighted by atomic mass is 32.2. The van der Waals surface area contributed by atoms with Crippen molar-refractivity contribution in [1.82, 2.24) is 26.6 Å². The summed E-state index contributed by atoms with van der Waals surface area (Å²) in [6, 6.07) is 11.9. The molecule has 2 aromatic rings. The molecular weight excluding hydrogens is 600 g/mol. The molecule has 0 aliphatic carbocycles. The molecule has 0 saturated heterocycles. The summed E-state index contributed by atoms with van der Waals surface area (Å²) in [5.74, 6) is -2.42. The van der Waals surface area contributed by atoms with Gasteiger partial charge in [-0.1, -0.05) is 42.5 Å². The molecule has 0 aromatic heterocycles. The smallest absolute Gasteiger partial charge is 0.308 e. The van der Waals surface area contributed by atoms with Gasteiger partial charge in [-0.05, 0) is 62.1 Å². The van der Waals surface area contributed by atoms with Crippen LogP contribution >= 0.6 is 11.8 Å². The van der Waals surface area contributed by atoms with E-state index in [4.69, 9.17) is 10.5 Å². The van der Waals surface area contributed by atoms with Crippen LogP contribution in [0.2, 0.25) is 0 Å². The van der Waals surface area contributed by atoms with Gasteiger partial charge >= 0.3 is 5.97 Å². The maximum absolute atomic E-state index is 13.1. The third-order valence-electron chi connectivity index (χ3n) is 6.61. The van der Waals surface area contributed by atoms with E-state index in [1.807, 2.05) is 12.3 Å². The number of thioether (sulfide) groups is 1. The van der Waals surface area contributed by atoms with E-state index in [-0.39, 0.29) is 12.8 Å². The van der Waals surface area contributed by atoms with E-state index in [0.717, 1.165) is 11.1 Å². The van der Waals surface area contributed by atoms with Crippen molar-refractivity contribution in [2.75, 3.05) is 25.6 Å². The molecule has 45 heavy (non-hydrogen) atoms. The minimum absolute atomic E-state index is 0.117. The van der Waals surface area contributed by atoms with E-state index in [2.05, 4.69) is 26.6 Å². The number of carbonyl (C=O) groups is 6. The monoisotopic (exact) mass is 642 g/mol. The van der Waals surface area contributed by atoms with Gasteiger partial charge in [0.25, 0.3) is 0 Å². The van der Waals surface area contributed by atoms with Gasteiger partial charge in [-0.15, -0.1) is 0 Å². The third kappa shape index (κ3) is 13.5. The lowest BCUT2D eigenvalue weighted by Crippen LogP contribution is -2.55. The molecule has 2 rings (SSSR count). The van der Waals surface area contributed by atoms with Gasteiger partial charge in [0.2, 0.25) is 29.5 Å². The van der Waals surface area contributed by atoms with E-state index in [1.165, 1.54) is 13.8 Å². The summed E-state index contributed by atoms with van der Waals surface area (Å²) < 4.78 is 4.98. The Morgan fingerprint density at radius 1 is 0.822 bits per heavy atom. The fraction of sp³-hybridized carbons (Fsp3) is 0.419. The first-order valence-corrected chi connectivity index (χ1v) is 15.8. The molecule has 0 heterocycles. The highest BCUT2D eigenvalue weighted by Gasteiger charge is 2.27. The summed E-state index contributed by atoms with van der Waals surface area (Å²) in [4.78, 5) is 74.8. The Morgan fingerprint density at radius 3 is 2.04 bits per heavy atom. The van der Waals surface area contributed by atoms with Crippen molar-refractivity contribution in [3.8, 4) is 5.75 Å². The molecule has 0 spiro atoms. The molecule has 0 aliphatic rings. The molecule has 2 aromatic carbocycles. The summed E-state index contributed by atoms with van der Waals surface area (Å²) in [6.45, 7) is 2.26. The molecule has 0 bridgehead atoms. The van der Waals surface area contributed by atoms with E-state index in [1.54, 1.807) is 67.3 Å². The Hall–Kier alpha value is -4.27. The molecule has 244 valence electrons. The lowest BCUT2D eigenvalue weighted by Gasteiger charge is -2.21. The molecule has 0 fully saturated rings. The second-order valence-electron chi connectivity index (χ2n) is 10.3. The lowest BCUT2D eigenvalue weighted by atomic mass is 10.0. The first kappa shape index (κ1) is 36.9. The zero-order valence-corrected chi connectivity index (χ0v) is 26.7. The van der Waals surface area contributed by atoms with Gasteiger partial charge in [0.1, 0.15) is 17.8 Å². The van der Waals surface area contributed by atoms with Crippen molar-refractivity contribution in [2.24, 2.45) is 5.73 Å². The van der Waals surface area contributed by atoms with Crippen molar-refractivity contribution in [1.29, 1.82) is 0 Å². The topological polar surface area (TPSA) is 198 Å². The van der Waals surface area contributed by atoms with Crippen molar-refractivity contribution >= 4 is 47.3 Å². The fourth-order valence-electron chi connectivity index (χ4n) is 4.15. The number of esters is 1. The lowest BCUT2D eigenvalue weighted by molar-refractivity contribution is -0.135. The number of ether oxygens (including phenoxy) is 1. The zero-order valence-electron chi connectivity index (χ0n) is 25.9. The van der Waals surface area contributed by atoms with Crippen LogP contribution in [0.4, 0.5) is 0 Å². The van der Waals surface area contributed by atoms with E-state index >= 15 is 0 Å². The highest BCUT2D eigenvalue weighted by Crippen LogP contribution is 2.13. The van der Waals surface area contributed by atoms with Crippen LogP contribution in [0.25, 0.3) is 0 Å². The quantitative estimate of drug-likeness (QED) is 0.0994. The molecule has 0 radical (unpaired) electrons. The molecule has 5 amide bonds. The van der Waals surface area contributed by atoms with Crippen LogP contribution < -0.4 is 37.1 Å². The largest absolute Gasteiger partial charge is 0.427 e. The Morgan fingerprint density at radius 2 is 1.44 bits per heavy atom. The molecule has 0 aliphatic heterocycles. The Labute approximate surface area is 267 Å². The van der Waals surface area contributed by atoms with Crippen molar-refractivity contribution < 1.29 is 33.5 Å². The Balaban J connectivity index is 1.91. The number of benzene rings is 2. The summed E-state index contributed by atoms with van der Waals surface area (Å²) in [5.41, 5.74) is 7.49. The highest BCUT2D eigenvalue weighted by molar-refractivity contribution is 7.98. The van der Waals surface area contributed by atoms with Gasteiger partial charge in [0, 0.05) is 13.3 Å². The predicted octanol–water partition coefficient (Wildman–Crippen LogP) is -0.186. The second-order valence-corrected chi connectivity index (χ2v) is 11.3. The van der Waals surface area contributed by atoms with Crippen LogP contribution in [0.1, 0.15) is 31.4 Å². The average Bonchev–Trinajstić information content (AvgIpc) is 3.01. The molecule has 0 unspecified atom stereocenters. The van der Waals surface area contributed by atoms with E-state index in [0.29, 0.717) is 17.9 Å². The van der Waals surface area contributed by atoms with Gasteiger partial charge in [0.05, 0.1) is 18.6 Å². The van der Waals surface area contributed by atoms with E-state index in [9.17, 15) is 28.8 Å². The summed E-state index contributed by atoms with van der Waals surface area (Å²) in [6.07, 6.45) is 2.72. The fourth-order valence-corrected chi connectivity index (χ4v) is 4.63. The molecule has 0 saturated carbocycles. The average molecular weight is 643 g/mol. The Bertz CT molecular complexity index is 1310. The maximum atomic E-state index is 13.1. The summed E-state index contributed by atoms with van der Waals surface area (Å²) in [7, 11) is 1.63. The third-order valence-corrected chi connectivity index (χ3v) is 7.25. The molecule has 4 atom stereocenters. The Kier molecular flexibility index (Phi) is 15.7. The van der Waals surface area contributed by atoms with Gasteiger partial charge in [0.15, 0.2) is 0 Å². The van der Waals surface area contributed by atoms with Gasteiger partial charge < -0.3 is 31.7 Å². The van der Waals surface area contributed by atoms with Crippen molar-refractivity contribution in [3.63, 3.8) is 0 Å². The first-order chi connectivity index (χ1) is 21.4. The van der Waals surface area contributed by atoms with Gasteiger partial charge in [-0.2, -0.15) is 11.8 Å². The second kappa shape index (κ2) is 19.2. The number of nitrogens with one attached hydrogen (secondary N) is 5. The van der Waals surface area contributed by atoms with Crippen molar-refractivity contribution in [2.45, 2.75) is 57.3 Å². The number of hydrogen-bond donors (Lipinski definition) is 6. The van der Waals surface area contributed by atoms with Crippen LogP contribution in [0.5, 0.6) is 5.75 Å². The van der Waals surface area contributed by atoms with Crippen molar-refractivity contribution in [3.05, 3.63) is 65.7 Å². The first-order valence-electron chi connectivity index (χ1n) is 14.4. The van der Waals surface area contributed by atoms with Crippen LogP contribution in [0.15, 0.2) is 54.6 Å². The van der Waals surface area contributed by atoms with Crippen LogP contribution in [-0.2, 0) is 41.6 Å². The van der Waals surface area contributed by atoms with Gasteiger partial charge in [-0.25, -0.2) is 0 Å². The van der Waals surface area contributed by atoms with Crippen LogP contribution in [0.3, 0.4) is 0 Å². The summed E-state index contributed by atoms with van der Waals surface area (Å²) in [5, 5.41) is 12.8. The number of carbonyl (C=O) groups excluding carboxylic acids is 6. The molecule has 13 nitrogen and oxygen atoms in total.